The lowest BCUT2D eigenvalue weighted by molar-refractivity contribution is 0.00169. The van der Waals surface area contributed by atoms with E-state index in [2.05, 4.69) is 12.2 Å². The van der Waals surface area contributed by atoms with Crippen LogP contribution < -0.4 is 5.32 Å². The van der Waals surface area contributed by atoms with E-state index in [0.29, 0.717) is 13.0 Å². The van der Waals surface area contributed by atoms with Crippen LogP contribution in [0, 0.1) is 0 Å². The van der Waals surface area contributed by atoms with E-state index >= 15 is 0 Å². The standard InChI is InChI=1S/C17H34N2O4/c1-6-15-14(18-13(9-11-20)12-22-5)8-7-10-19(15)16(21)23-17(2,3)4/h13-15,18,20H,6-12H2,1-5H3. The van der Waals surface area contributed by atoms with E-state index in [9.17, 15) is 9.90 Å². The summed E-state index contributed by atoms with van der Waals surface area (Å²) in [7, 11) is 1.66. The maximum absolute atomic E-state index is 12.5. The Morgan fingerprint density at radius 2 is 2.13 bits per heavy atom. The van der Waals surface area contributed by atoms with Gasteiger partial charge in [-0.15, -0.1) is 0 Å². The van der Waals surface area contributed by atoms with Gasteiger partial charge in [0.25, 0.3) is 0 Å². The summed E-state index contributed by atoms with van der Waals surface area (Å²) in [6.45, 7) is 9.18. The summed E-state index contributed by atoms with van der Waals surface area (Å²) >= 11 is 0. The topological polar surface area (TPSA) is 71.0 Å². The van der Waals surface area contributed by atoms with Crippen LogP contribution in [0.3, 0.4) is 0 Å². The number of ether oxygens (including phenoxy) is 2. The quantitative estimate of drug-likeness (QED) is 0.748. The molecule has 0 spiro atoms. The lowest BCUT2D eigenvalue weighted by Crippen LogP contribution is -2.58. The highest BCUT2D eigenvalue weighted by Crippen LogP contribution is 2.23. The van der Waals surface area contributed by atoms with E-state index in [1.807, 2.05) is 25.7 Å². The molecule has 0 aromatic carbocycles. The number of likely N-dealkylation sites (tertiary alicyclic amines) is 1. The second kappa shape index (κ2) is 9.45. The van der Waals surface area contributed by atoms with Crippen molar-refractivity contribution in [2.45, 2.75) is 77.1 Å². The third-order valence-electron chi connectivity index (χ3n) is 4.12. The van der Waals surface area contributed by atoms with Gasteiger partial charge in [-0.1, -0.05) is 6.92 Å². The van der Waals surface area contributed by atoms with Crippen LogP contribution >= 0.6 is 0 Å². The molecule has 1 saturated heterocycles. The highest BCUT2D eigenvalue weighted by Gasteiger charge is 2.36. The van der Waals surface area contributed by atoms with Gasteiger partial charge in [0.2, 0.25) is 0 Å². The molecule has 0 aliphatic carbocycles. The molecule has 1 heterocycles. The van der Waals surface area contributed by atoms with Gasteiger partial charge in [-0.3, -0.25) is 0 Å². The van der Waals surface area contributed by atoms with Crippen molar-refractivity contribution in [2.24, 2.45) is 0 Å². The number of rotatable bonds is 7. The van der Waals surface area contributed by atoms with Crippen molar-refractivity contribution in [1.29, 1.82) is 0 Å². The molecular formula is C17H34N2O4. The van der Waals surface area contributed by atoms with E-state index in [1.54, 1.807) is 7.11 Å². The minimum Gasteiger partial charge on any atom is -0.444 e. The van der Waals surface area contributed by atoms with Crippen LogP contribution in [-0.4, -0.2) is 66.7 Å². The number of aliphatic hydroxyl groups is 1. The predicted molar refractivity (Wildman–Crippen MR) is 90.5 cm³/mol. The number of piperidine rings is 1. The fourth-order valence-electron chi connectivity index (χ4n) is 3.18. The molecule has 1 aliphatic rings. The second-order valence-corrected chi connectivity index (χ2v) is 7.23. The fourth-order valence-corrected chi connectivity index (χ4v) is 3.18. The Balaban J connectivity index is 2.74. The molecule has 2 N–H and O–H groups in total. The Bertz CT molecular complexity index is 351. The van der Waals surface area contributed by atoms with Crippen molar-refractivity contribution >= 4 is 6.09 Å². The zero-order valence-corrected chi connectivity index (χ0v) is 15.3. The van der Waals surface area contributed by atoms with Gasteiger partial charge in [-0.25, -0.2) is 4.79 Å². The molecule has 0 saturated carbocycles. The maximum Gasteiger partial charge on any atom is 0.410 e. The normalized spacial score (nSPS) is 23.7. The molecule has 0 radical (unpaired) electrons. The fraction of sp³-hybridized carbons (Fsp3) is 0.941. The monoisotopic (exact) mass is 330 g/mol. The van der Waals surface area contributed by atoms with E-state index in [-0.39, 0.29) is 30.8 Å². The number of aliphatic hydroxyl groups excluding tert-OH is 1. The van der Waals surface area contributed by atoms with Crippen molar-refractivity contribution in [3.8, 4) is 0 Å². The van der Waals surface area contributed by atoms with Crippen LogP contribution in [0.15, 0.2) is 0 Å². The van der Waals surface area contributed by atoms with Crippen molar-refractivity contribution in [3.63, 3.8) is 0 Å². The summed E-state index contributed by atoms with van der Waals surface area (Å²) in [4.78, 5) is 14.3. The van der Waals surface area contributed by atoms with Crippen molar-refractivity contribution in [3.05, 3.63) is 0 Å². The molecule has 3 atom stereocenters. The summed E-state index contributed by atoms with van der Waals surface area (Å²) in [6, 6.07) is 0.409. The third kappa shape index (κ3) is 6.65. The highest BCUT2D eigenvalue weighted by atomic mass is 16.6. The molecule has 1 rings (SSSR count). The van der Waals surface area contributed by atoms with Crippen LogP contribution in [0.1, 0.15) is 53.4 Å². The Morgan fingerprint density at radius 1 is 1.43 bits per heavy atom. The molecule has 6 nitrogen and oxygen atoms in total. The first-order valence-corrected chi connectivity index (χ1v) is 8.67. The number of hydrogen-bond acceptors (Lipinski definition) is 5. The van der Waals surface area contributed by atoms with Crippen molar-refractivity contribution < 1.29 is 19.4 Å². The van der Waals surface area contributed by atoms with E-state index in [4.69, 9.17) is 9.47 Å². The summed E-state index contributed by atoms with van der Waals surface area (Å²) in [5, 5.41) is 12.8. The first kappa shape index (κ1) is 20.2. The van der Waals surface area contributed by atoms with E-state index < -0.39 is 5.60 Å². The number of amides is 1. The minimum atomic E-state index is -0.481. The molecule has 1 fully saturated rings. The molecule has 23 heavy (non-hydrogen) atoms. The van der Waals surface area contributed by atoms with Crippen LogP contribution in [0.25, 0.3) is 0 Å². The lowest BCUT2D eigenvalue weighted by atomic mass is 9.93. The summed E-state index contributed by atoms with van der Waals surface area (Å²) in [5.41, 5.74) is -0.481. The SMILES string of the molecule is CCC1C(NC(CCO)COC)CCCN1C(=O)OC(C)(C)C. The average molecular weight is 330 g/mol. The van der Waals surface area contributed by atoms with E-state index in [0.717, 1.165) is 25.8 Å². The number of hydrogen-bond donors (Lipinski definition) is 2. The van der Waals surface area contributed by atoms with Crippen LogP contribution in [-0.2, 0) is 9.47 Å². The average Bonchev–Trinajstić information content (AvgIpc) is 2.45. The van der Waals surface area contributed by atoms with Crippen LogP contribution in [0.2, 0.25) is 0 Å². The molecule has 0 bridgehead atoms. The van der Waals surface area contributed by atoms with Gasteiger partial charge in [0.15, 0.2) is 0 Å². The predicted octanol–water partition coefficient (Wildman–Crippen LogP) is 2.15. The van der Waals surface area contributed by atoms with Gasteiger partial charge in [-0.05, 0) is 46.5 Å². The number of nitrogens with one attached hydrogen (secondary N) is 1. The van der Waals surface area contributed by atoms with Gasteiger partial charge in [0.05, 0.1) is 12.6 Å². The number of methoxy groups -OCH3 is 1. The zero-order valence-electron chi connectivity index (χ0n) is 15.3. The van der Waals surface area contributed by atoms with Crippen molar-refractivity contribution in [2.75, 3.05) is 26.9 Å². The van der Waals surface area contributed by atoms with Gasteiger partial charge in [0.1, 0.15) is 5.60 Å². The molecular weight excluding hydrogens is 296 g/mol. The number of nitrogens with zero attached hydrogens (tertiary/aromatic N) is 1. The maximum atomic E-state index is 12.5. The first-order chi connectivity index (χ1) is 10.8. The second-order valence-electron chi connectivity index (χ2n) is 7.23. The molecule has 0 aromatic heterocycles. The Morgan fingerprint density at radius 3 is 2.65 bits per heavy atom. The third-order valence-corrected chi connectivity index (χ3v) is 4.12. The summed E-state index contributed by atoms with van der Waals surface area (Å²) in [5.74, 6) is 0. The number of carbonyl (C=O) groups is 1. The number of carbonyl (C=O) groups excluding carboxylic acids is 1. The minimum absolute atomic E-state index is 0.0997. The molecule has 0 aromatic rings. The van der Waals surface area contributed by atoms with E-state index in [1.165, 1.54) is 0 Å². The highest BCUT2D eigenvalue weighted by molar-refractivity contribution is 5.68. The summed E-state index contributed by atoms with van der Waals surface area (Å²) < 4.78 is 10.8. The molecule has 6 heteroatoms. The van der Waals surface area contributed by atoms with Gasteiger partial charge in [-0.2, -0.15) is 0 Å². The van der Waals surface area contributed by atoms with Gasteiger partial charge in [0, 0.05) is 32.3 Å². The largest absolute Gasteiger partial charge is 0.444 e. The lowest BCUT2D eigenvalue weighted by Gasteiger charge is -2.43. The van der Waals surface area contributed by atoms with Gasteiger partial charge >= 0.3 is 6.09 Å². The van der Waals surface area contributed by atoms with Crippen LogP contribution in [0.5, 0.6) is 0 Å². The Kier molecular flexibility index (Phi) is 8.29. The first-order valence-electron chi connectivity index (χ1n) is 8.67. The molecule has 1 amide bonds. The summed E-state index contributed by atoms with van der Waals surface area (Å²) in [6.07, 6.45) is 3.25. The Labute approximate surface area is 140 Å². The molecule has 1 aliphatic heterocycles. The van der Waals surface area contributed by atoms with Gasteiger partial charge < -0.3 is 24.8 Å². The molecule has 136 valence electrons. The van der Waals surface area contributed by atoms with Crippen molar-refractivity contribution in [1.82, 2.24) is 10.2 Å². The molecule has 3 unspecified atom stereocenters. The zero-order chi connectivity index (χ0) is 17.5. The Hall–Kier alpha value is -0.850. The smallest absolute Gasteiger partial charge is 0.410 e. The van der Waals surface area contributed by atoms with Crippen LogP contribution in [0.4, 0.5) is 4.79 Å².